The lowest BCUT2D eigenvalue weighted by Crippen LogP contribution is -2.47. The van der Waals surface area contributed by atoms with Crippen molar-refractivity contribution in [2.24, 2.45) is 0 Å². The predicted octanol–water partition coefficient (Wildman–Crippen LogP) is 6.14. The molecule has 1 fully saturated rings. The van der Waals surface area contributed by atoms with Gasteiger partial charge in [-0.15, -0.1) is 0 Å². The number of nitrogens with one attached hydrogen (secondary N) is 2. The first-order valence-electron chi connectivity index (χ1n) is 10.8. The summed E-state index contributed by atoms with van der Waals surface area (Å²) in [4.78, 5) is 15.4. The van der Waals surface area contributed by atoms with Gasteiger partial charge in [0.25, 0.3) is 5.91 Å². The Morgan fingerprint density at radius 1 is 0.784 bits per heavy atom. The van der Waals surface area contributed by atoms with Crippen LogP contribution in [-0.4, -0.2) is 37.2 Å². The van der Waals surface area contributed by atoms with Crippen LogP contribution in [0.15, 0.2) is 42.5 Å². The van der Waals surface area contributed by atoms with Gasteiger partial charge in [0.05, 0.1) is 10.6 Å². The minimum Gasteiger partial charge on any atom is -0.368 e. The van der Waals surface area contributed by atoms with Gasteiger partial charge in [0, 0.05) is 42.6 Å². The van der Waals surface area contributed by atoms with E-state index in [4.69, 9.17) is 35.4 Å². The molecule has 3 aromatic rings. The smallest absolute Gasteiger partial charge is 0.258 e. The fourth-order valence-electron chi connectivity index (χ4n) is 3.82. The van der Waals surface area contributed by atoms with Crippen molar-refractivity contribution >= 4 is 63.5 Å². The van der Waals surface area contributed by atoms with Gasteiger partial charge in [-0.05, 0) is 54.7 Å². The highest BCUT2D eigenvalue weighted by Gasteiger charge is 2.30. The Kier molecular flexibility index (Phi) is 8.05. The summed E-state index contributed by atoms with van der Waals surface area (Å²) in [6.45, 7) is 0.642. The molecular weight excluding hydrogens is 558 g/mol. The average Bonchev–Trinajstić information content (AvgIpc) is 2.88. The first-order chi connectivity index (χ1) is 17.6. The molecule has 0 atom stereocenters. The van der Waals surface area contributed by atoms with Gasteiger partial charge in [-0.3, -0.25) is 10.1 Å². The molecule has 3 aromatic carbocycles. The van der Waals surface area contributed by atoms with E-state index in [1.54, 1.807) is 30.3 Å². The van der Waals surface area contributed by atoms with Crippen molar-refractivity contribution in [3.05, 3.63) is 87.2 Å². The zero-order valence-electron chi connectivity index (χ0n) is 18.7. The van der Waals surface area contributed by atoms with Crippen LogP contribution in [0.1, 0.15) is 10.4 Å². The number of rotatable bonds is 4. The second kappa shape index (κ2) is 11.1. The highest BCUT2D eigenvalue weighted by atomic mass is 35.5. The number of anilines is 3. The summed E-state index contributed by atoms with van der Waals surface area (Å²) in [6.07, 6.45) is 0. The molecule has 1 aliphatic heterocycles. The van der Waals surface area contributed by atoms with Crippen LogP contribution < -0.4 is 20.4 Å². The lowest BCUT2D eigenvalue weighted by atomic mass is 10.2. The molecule has 0 aromatic heterocycles. The predicted molar refractivity (Wildman–Crippen MR) is 137 cm³/mol. The summed E-state index contributed by atoms with van der Waals surface area (Å²) in [5, 5.41) is 5.98. The van der Waals surface area contributed by atoms with E-state index in [2.05, 4.69) is 10.6 Å². The molecule has 194 valence electrons. The zero-order chi connectivity index (χ0) is 26.9. The van der Waals surface area contributed by atoms with Gasteiger partial charge in [0.1, 0.15) is 5.69 Å². The van der Waals surface area contributed by atoms with Crippen LogP contribution in [0.2, 0.25) is 10.0 Å². The maximum absolute atomic E-state index is 14.1. The third kappa shape index (κ3) is 5.73. The van der Waals surface area contributed by atoms with E-state index in [1.807, 2.05) is 4.90 Å². The fourth-order valence-corrected chi connectivity index (χ4v) is 4.41. The van der Waals surface area contributed by atoms with Crippen molar-refractivity contribution in [2.75, 3.05) is 41.3 Å². The van der Waals surface area contributed by atoms with Crippen LogP contribution >= 0.6 is 35.4 Å². The molecule has 1 heterocycles. The van der Waals surface area contributed by atoms with E-state index in [0.717, 1.165) is 10.6 Å². The number of hydrogen-bond acceptors (Lipinski definition) is 4. The van der Waals surface area contributed by atoms with E-state index in [0.29, 0.717) is 10.7 Å². The summed E-state index contributed by atoms with van der Waals surface area (Å²) >= 11 is 17.1. The van der Waals surface area contributed by atoms with E-state index in [9.17, 15) is 26.7 Å². The van der Waals surface area contributed by atoms with Gasteiger partial charge in [-0.2, -0.15) is 0 Å². The Morgan fingerprint density at radius 3 is 1.92 bits per heavy atom. The molecule has 0 aliphatic carbocycles. The number of thiocarbonyl (C=S) groups is 1. The van der Waals surface area contributed by atoms with Gasteiger partial charge < -0.3 is 15.1 Å². The van der Waals surface area contributed by atoms with Crippen LogP contribution in [0.5, 0.6) is 0 Å². The second-order valence-corrected chi connectivity index (χ2v) is 9.22. The third-order valence-electron chi connectivity index (χ3n) is 5.67. The van der Waals surface area contributed by atoms with Gasteiger partial charge in [-0.1, -0.05) is 23.2 Å². The number of piperazine rings is 1. The van der Waals surface area contributed by atoms with Crippen molar-refractivity contribution in [1.29, 1.82) is 0 Å². The fraction of sp³-hybridized carbons (Fsp3) is 0.167. The second-order valence-electron chi connectivity index (χ2n) is 7.97. The van der Waals surface area contributed by atoms with Gasteiger partial charge in [-0.25, -0.2) is 22.0 Å². The van der Waals surface area contributed by atoms with Crippen LogP contribution in [0.3, 0.4) is 0 Å². The van der Waals surface area contributed by atoms with E-state index < -0.39 is 40.7 Å². The topological polar surface area (TPSA) is 47.6 Å². The SMILES string of the molecule is O=C(NC(=S)Nc1ccc(N2CCN(c3c(F)c(F)c(F)c(F)c3F)CC2)cc1)c1cc(Cl)ccc1Cl. The average molecular weight is 575 g/mol. The zero-order valence-corrected chi connectivity index (χ0v) is 21.1. The van der Waals surface area contributed by atoms with Crippen molar-refractivity contribution in [2.45, 2.75) is 0 Å². The molecule has 4 rings (SSSR count). The molecular formula is C24H17Cl2F5N4OS. The quantitative estimate of drug-likeness (QED) is 0.169. The number of carbonyl (C=O) groups is 1. The molecule has 1 aliphatic rings. The molecule has 0 radical (unpaired) electrons. The minimum atomic E-state index is -2.18. The number of benzene rings is 3. The van der Waals surface area contributed by atoms with Crippen LogP contribution in [-0.2, 0) is 0 Å². The molecule has 37 heavy (non-hydrogen) atoms. The monoisotopic (exact) mass is 574 g/mol. The van der Waals surface area contributed by atoms with E-state index in [1.165, 1.54) is 12.1 Å². The highest BCUT2D eigenvalue weighted by molar-refractivity contribution is 7.80. The first-order valence-corrected chi connectivity index (χ1v) is 11.9. The summed E-state index contributed by atoms with van der Waals surface area (Å²) in [5.41, 5.74) is 0.582. The van der Waals surface area contributed by atoms with Crippen LogP contribution in [0.4, 0.5) is 39.0 Å². The summed E-state index contributed by atoms with van der Waals surface area (Å²) in [7, 11) is 0. The Hall–Kier alpha value is -3.15. The van der Waals surface area contributed by atoms with Gasteiger partial charge in [0.2, 0.25) is 5.82 Å². The summed E-state index contributed by atoms with van der Waals surface area (Å²) < 4.78 is 68.7. The molecule has 1 saturated heterocycles. The summed E-state index contributed by atoms with van der Waals surface area (Å²) in [6, 6.07) is 11.4. The minimum absolute atomic E-state index is 0.0326. The van der Waals surface area contributed by atoms with E-state index >= 15 is 0 Å². The number of carbonyl (C=O) groups excluding carboxylic acids is 1. The Balaban J connectivity index is 1.35. The molecule has 0 bridgehead atoms. The van der Waals surface area contributed by atoms with Crippen LogP contribution in [0, 0.1) is 29.1 Å². The third-order valence-corrected chi connectivity index (χ3v) is 6.44. The molecule has 2 N–H and O–H groups in total. The van der Waals surface area contributed by atoms with Crippen molar-refractivity contribution < 1.29 is 26.7 Å². The largest absolute Gasteiger partial charge is 0.368 e. The number of hydrogen-bond donors (Lipinski definition) is 2. The van der Waals surface area contributed by atoms with Crippen LogP contribution in [0.25, 0.3) is 0 Å². The Labute approximate surface area is 223 Å². The van der Waals surface area contributed by atoms with Gasteiger partial charge in [0.15, 0.2) is 28.4 Å². The van der Waals surface area contributed by atoms with Crippen molar-refractivity contribution in [1.82, 2.24) is 5.32 Å². The molecule has 0 unspecified atom stereocenters. The molecule has 5 nitrogen and oxygen atoms in total. The lowest BCUT2D eigenvalue weighted by molar-refractivity contribution is 0.0978. The standard InChI is InChI=1S/C24H17Cl2F5N4OS/c25-12-1-6-16(26)15(11-12)23(36)33-24(37)32-13-2-4-14(5-3-13)34-7-9-35(10-8-34)22-20(30)18(28)17(27)19(29)21(22)31/h1-6,11H,7-10H2,(H2,32,33,36,37). The Morgan fingerprint density at radius 2 is 1.32 bits per heavy atom. The first kappa shape index (κ1) is 26.9. The van der Waals surface area contributed by atoms with Crippen molar-refractivity contribution in [3.63, 3.8) is 0 Å². The molecule has 0 saturated carbocycles. The van der Waals surface area contributed by atoms with Gasteiger partial charge >= 0.3 is 0 Å². The molecule has 0 spiro atoms. The highest BCUT2D eigenvalue weighted by Crippen LogP contribution is 2.31. The number of nitrogens with zero attached hydrogens (tertiary/aromatic N) is 2. The Bertz CT molecular complexity index is 1340. The number of amides is 1. The normalized spacial score (nSPS) is 13.5. The molecule has 13 heteroatoms. The van der Waals surface area contributed by atoms with Crippen molar-refractivity contribution in [3.8, 4) is 0 Å². The van der Waals surface area contributed by atoms with E-state index in [-0.39, 0.29) is 41.9 Å². The summed E-state index contributed by atoms with van der Waals surface area (Å²) in [5.74, 6) is -10.3. The lowest BCUT2D eigenvalue weighted by Gasteiger charge is -2.37. The maximum Gasteiger partial charge on any atom is 0.258 e. The molecule has 1 amide bonds. The maximum atomic E-state index is 14.1. The number of halogens is 7.